The molecule has 0 atom stereocenters. The number of Topliss-reactive ketones (excluding diaryl/α,β-unsaturated/α-hetero) is 1. The Bertz CT molecular complexity index is 668. The summed E-state index contributed by atoms with van der Waals surface area (Å²) in [6, 6.07) is 4.47. The van der Waals surface area contributed by atoms with E-state index in [0.29, 0.717) is 5.56 Å². The molecule has 1 aromatic carbocycles. The first kappa shape index (κ1) is 20.3. The second-order valence-corrected chi connectivity index (χ2v) is 7.88. The van der Waals surface area contributed by atoms with Crippen LogP contribution in [0.1, 0.15) is 97.5 Å². The first-order valence-corrected chi connectivity index (χ1v) is 9.85. The molecule has 150 valence electrons. The van der Waals surface area contributed by atoms with Crippen LogP contribution in [0.3, 0.4) is 0 Å². The van der Waals surface area contributed by atoms with Crippen molar-refractivity contribution in [2.24, 2.45) is 0 Å². The van der Waals surface area contributed by atoms with E-state index in [1.807, 2.05) is 6.07 Å². The molecule has 0 bridgehead atoms. The second kappa shape index (κ2) is 7.88. The highest BCUT2D eigenvalue weighted by Gasteiger charge is 2.63. The number of benzene rings is 1. The fourth-order valence-corrected chi connectivity index (χ4v) is 4.70. The second-order valence-electron chi connectivity index (χ2n) is 7.88. The SMILES string of the molecule is O=C(c1cccc(C2CCCCC2)c1C1CCCCC1)C(F)(F)C(F)(F)F. The average molecular weight is 388 g/mol. The Labute approximate surface area is 156 Å². The molecule has 6 heteroatoms. The third-order valence-electron chi connectivity index (χ3n) is 6.08. The van der Waals surface area contributed by atoms with Crippen molar-refractivity contribution in [3.05, 3.63) is 34.9 Å². The normalized spacial score (nSPS) is 20.6. The molecule has 2 aliphatic carbocycles. The first-order chi connectivity index (χ1) is 12.7. The molecule has 27 heavy (non-hydrogen) atoms. The van der Waals surface area contributed by atoms with E-state index in [9.17, 15) is 26.7 Å². The van der Waals surface area contributed by atoms with Crippen molar-refractivity contribution in [2.45, 2.75) is 88.1 Å². The minimum Gasteiger partial charge on any atom is -0.287 e. The zero-order valence-electron chi connectivity index (χ0n) is 15.3. The van der Waals surface area contributed by atoms with E-state index in [4.69, 9.17) is 0 Å². The summed E-state index contributed by atoms with van der Waals surface area (Å²) in [7, 11) is 0. The third kappa shape index (κ3) is 4.04. The van der Waals surface area contributed by atoms with Gasteiger partial charge in [0.15, 0.2) is 0 Å². The fourth-order valence-electron chi connectivity index (χ4n) is 4.70. The molecule has 0 amide bonds. The van der Waals surface area contributed by atoms with E-state index in [1.165, 1.54) is 6.07 Å². The van der Waals surface area contributed by atoms with Crippen LogP contribution in [0.5, 0.6) is 0 Å². The molecule has 1 nitrogen and oxygen atoms in total. The van der Waals surface area contributed by atoms with Crippen LogP contribution in [0.4, 0.5) is 22.0 Å². The van der Waals surface area contributed by atoms with Crippen molar-refractivity contribution < 1.29 is 26.7 Å². The maximum atomic E-state index is 13.9. The Hall–Kier alpha value is -1.46. The lowest BCUT2D eigenvalue weighted by atomic mass is 9.73. The summed E-state index contributed by atoms with van der Waals surface area (Å²) in [4.78, 5) is 12.3. The number of halogens is 5. The van der Waals surface area contributed by atoms with Crippen molar-refractivity contribution in [2.75, 3.05) is 0 Å². The van der Waals surface area contributed by atoms with Crippen LogP contribution in [0, 0.1) is 0 Å². The highest BCUT2D eigenvalue weighted by molar-refractivity contribution is 6.03. The Kier molecular flexibility index (Phi) is 5.92. The van der Waals surface area contributed by atoms with Gasteiger partial charge in [0.2, 0.25) is 5.78 Å². The smallest absolute Gasteiger partial charge is 0.287 e. The molecule has 0 spiro atoms. The van der Waals surface area contributed by atoms with Gasteiger partial charge in [0, 0.05) is 5.56 Å². The zero-order valence-corrected chi connectivity index (χ0v) is 15.3. The first-order valence-electron chi connectivity index (χ1n) is 9.85. The molecule has 0 unspecified atom stereocenters. The number of rotatable bonds is 4. The van der Waals surface area contributed by atoms with Crippen molar-refractivity contribution in [1.82, 2.24) is 0 Å². The number of ketones is 1. The maximum Gasteiger partial charge on any atom is 0.461 e. The van der Waals surface area contributed by atoms with Crippen LogP contribution in [-0.4, -0.2) is 17.9 Å². The Morgan fingerprint density at radius 3 is 1.81 bits per heavy atom. The van der Waals surface area contributed by atoms with Gasteiger partial charge in [-0.3, -0.25) is 4.79 Å². The Balaban J connectivity index is 2.08. The highest BCUT2D eigenvalue weighted by atomic mass is 19.4. The molecule has 2 aliphatic rings. The van der Waals surface area contributed by atoms with Gasteiger partial charge in [0.1, 0.15) is 0 Å². The summed E-state index contributed by atoms with van der Waals surface area (Å²) in [5, 5.41) is 0. The molecule has 2 fully saturated rings. The number of alkyl halides is 5. The molecule has 0 N–H and O–H groups in total. The van der Waals surface area contributed by atoms with Crippen LogP contribution in [0.2, 0.25) is 0 Å². The largest absolute Gasteiger partial charge is 0.461 e. The fraction of sp³-hybridized carbons (Fsp3) is 0.667. The predicted molar refractivity (Wildman–Crippen MR) is 93.4 cm³/mol. The Morgan fingerprint density at radius 1 is 0.778 bits per heavy atom. The topological polar surface area (TPSA) is 17.1 Å². The minimum absolute atomic E-state index is 0.111. The van der Waals surface area contributed by atoms with Crippen LogP contribution < -0.4 is 0 Å². The number of hydrogen-bond donors (Lipinski definition) is 0. The number of hydrogen-bond acceptors (Lipinski definition) is 1. The molecular formula is C21H25F5O. The van der Waals surface area contributed by atoms with Gasteiger partial charge in [-0.1, -0.05) is 56.7 Å². The van der Waals surface area contributed by atoms with E-state index >= 15 is 0 Å². The van der Waals surface area contributed by atoms with Crippen molar-refractivity contribution in [3.63, 3.8) is 0 Å². The van der Waals surface area contributed by atoms with E-state index < -0.39 is 23.4 Å². The number of carbonyl (C=O) groups is 1. The summed E-state index contributed by atoms with van der Waals surface area (Å²) in [5.74, 6) is -7.43. The lowest BCUT2D eigenvalue weighted by molar-refractivity contribution is -0.255. The number of carbonyl (C=O) groups excluding carboxylic acids is 1. The van der Waals surface area contributed by atoms with Crippen LogP contribution >= 0.6 is 0 Å². The Morgan fingerprint density at radius 2 is 1.30 bits per heavy atom. The third-order valence-corrected chi connectivity index (χ3v) is 6.08. The minimum atomic E-state index is -5.88. The predicted octanol–water partition coefficient (Wildman–Crippen LogP) is 7.16. The molecular weight excluding hydrogens is 363 g/mol. The van der Waals surface area contributed by atoms with Crippen LogP contribution in [0.25, 0.3) is 0 Å². The molecule has 0 radical (unpaired) electrons. The van der Waals surface area contributed by atoms with Gasteiger partial charge in [-0.05, 0) is 48.6 Å². The molecule has 2 saturated carbocycles. The standard InChI is InChI=1S/C21H25F5O/c22-20(23,21(24,25)26)19(27)17-13-7-12-16(14-8-3-1-4-9-14)18(17)15-10-5-2-6-11-15/h7,12-15H,1-6,8-11H2. The summed E-state index contributed by atoms with van der Waals surface area (Å²) in [6.45, 7) is 0. The molecule has 0 aliphatic heterocycles. The van der Waals surface area contributed by atoms with Gasteiger partial charge >= 0.3 is 12.1 Å². The van der Waals surface area contributed by atoms with Crippen molar-refractivity contribution in [3.8, 4) is 0 Å². The van der Waals surface area contributed by atoms with Crippen LogP contribution in [0.15, 0.2) is 18.2 Å². The van der Waals surface area contributed by atoms with Gasteiger partial charge in [0.05, 0.1) is 0 Å². The molecule has 0 aromatic heterocycles. The molecule has 0 heterocycles. The van der Waals surface area contributed by atoms with Crippen LogP contribution in [-0.2, 0) is 0 Å². The van der Waals surface area contributed by atoms with Gasteiger partial charge in [-0.2, -0.15) is 22.0 Å². The molecule has 1 aromatic rings. The van der Waals surface area contributed by atoms with Crippen molar-refractivity contribution >= 4 is 5.78 Å². The van der Waals surface area contributed by atoms with E-state index in [-0.39, 0.29) is 11.8 Å². The summed E-state index contributed by atoms with van der Waals surface area (Å²) in [5.41, 5.74) is 0.871. The van der Waals surface area contributed by atoms with Crippen molar-refractivity contribution in [1.29, 1.82) is 0 Å². The monoisotopic (exact) mass is 388 g/mol. The van der Waals surface area contributed by atoms with Gasteiger partial charge in [0.25, 0.3) is 0 Å². The van der Waals surface area contributed by atoms with Gasteiger partial charge < -0.3 is 0 Å². The molecule has 0 saturated heterocycles. The van der Waals surface area contributed by atoms with E-state index in [2.05, 4.69) is 0 Å². The quantitative estimate of drug-likeness (QED) is 0.395. The van der Waals surface area contributed by atoms with Gasteiger partial charge in [-0.15, -0.1) is 0 Å². The summed E-state index contributed by atoms with van der Waals surface area (Å²) >= 11 is 0. The zero-order chi connectivity index (χ0) is 19.7. The summed E-state index contributed by atoms with van der Waals surface area (Å²) in [6.07, 6.45) is 3.39. The summed E-state index contributed by atoms with van der Waals surface area (Å²) < 4.78 is 66.2. The van der Waals surface area contributed by atoms with Gasteiger partial charge in [-0.25, -0.2) is 0 Å². The van der Waals surface area contributed by atoms with E-state index in [1.54, 1.807) is 0 Å². The maximum absolute atomic E-state index is 13.9. The average Bonchev–Trinajstić information content (AvgIpc) is 2.67. The highest BCUT2D eigenvalue weighted by Crippen LogP contribution is 2.45. The lowest BCUT2D eigenvalue weighted by Crippen LogP contribution is -2.44. The van der Waals surface area contributed by atoms with E-state index in [0.717, 1.165) is 75.8 Å². The molecule has 3 rings (SSSR count). The lowest BCUT2D eigenvalue weighted by Gasteiger charge is -2.32.